The Kier molecular flexibility index (Phi) is 9.42. The number of methoxy groups -OCH3 is 1. The Labute approximate surface area is 231 Å². The molecule has 5 rings (SSSR count). The van der Waals surface area contributed by atoms with Crippen LogP contribution in [0.15, 0.2) is 47.8 Å². The van der Waals surface area contributed by atoms with Crippen LogP contribution in [0.1, 0.15) is 36.3 Å². The molecule has 0 bridgehead atoms. The summed E-state index contributed by atoms with van der Waals surface area (Å²) < 4.78 is 45.8. The van der Waals surface area contributed by atoms with Gasteiger partial charge in [-0.2, -0.15) is 13.2 Å². The van der Waals surface area contributed by atoms with E-state index in [0.29, 0.717) is 11.8 Å². The number of thioether (sulfide) groups is 1. The van der Waals surface area contributed by atoms with Gasteiger partial charge in [0, 0.05) is 25.5 Å². The average Bonchev–Trinajstić information content (AvgIpc) is 3.20. The highest BCUT2D eigenvalue weighted by atomic mass is 35.5. The van der Waals surface area contributed by atoms with E-state index in [1.165, 1.54) is 12.1 Å². The lowest BCUT2D eigenvalue weighted by Gasteiger charge is -2.16. The molecule has 1 saturated heterocycles. The SMILES string of the molecule is COc1ncccc1-c1nnc(SCCCN2CC[C@]3(C[C@@H]3c3ccc(C(F)(F)F)cc3)C2)n1C.Cl.Cl. The van der Waals surface area contributed by atoms with Gasteiger partial charge in [-0.25, -0.2) is 4.98 Å². The van der Waals surface area contributed by atoms with Crippen molar-refractivity contribution in [2.75, 3.05) is 32.5 Å². The van der Waals surface area contributed by atoms with Crippen molar-refractivity contribution in [3.05, 3.63) is 53.7 Å². The lowest BCUT2D eigenvalue weighted by atomic mass is 9.97. The van der Waals surface area contributed by atoms with Gasteiger partial charge in [-0.05, 0) is 73.5 Å². The van der Waals surface area contributed by atoms with Crippen molar-refractivity contribution in [2.45, 2.75) is 36.5 Å². The Morgan fingerprint density at radius 3 is 2.59 bits per heavy atom. The Balaban J connectivity index is 0.00000190. The maximum Gasteiger partial charge on any atom is 0.416 e. The molecule has 1 aromatic carbocycles. The van der Waals surface area contributed by atoms with Crippen molar-refractivity contribution < 1.29 is 17.9 Å². The number of hydrogen-bond donors (Lipinski definition) is 0. The molecule has 2 atom stereocenters. The van der Waals surface area contributed by atoms with Gasteiger partial charge in [-0.1, -0.05) is 23.9 Å². The lowest BCUT2D eigenvalue weighted by Crippen LogP contribution is -2.23. The van der Waals surface area contributed by atoms with E-state index in [1.807, 2.05) is 23.7 Å². The van der Waals surface area contributed by atoms with E-state index in [2.05, 4.69) is 20.1 Å². The molecule has 1 saturated carbocycles. The first-order chi connectivity index (χ1) is 16.8. The molecule has 1 aliphatic carbocycles. The Morgan fingerprint density at radius 2 is 1.89 bits per heavy atom. The first kappa shape index (κ1) is 29.5. The largest absolute Gasteiger partial charge is 0.480 e. The number of halogens is 5. The second kappa shape index (κ2) is 11.8. The zero-order chi connectivity index (χ0) is 24.6. The van der Waals surface area contributed by atoms with Crippen molar-refractivity contribution in [2.24, 2.45) is 12.5 Å². The van der Waals surface area contributed by atoms with Crippen LogP contribution in [0.3, 0.4) is 0 Å². The van der Waals surface area contributed by atoms with Gasteiger partial charge in [-0.15, -0.1) is 35.0 Å². The van der Waals surface area contributed by atoms with Crippen LogP contribution in [-0.2, 0) is 13.2 Å². The lowest BCUT2D eigenvalue weighted by molar-refractivity contribution is -0.137. The highest BCUT2D eigenvalue weighted by Crippen LogP contribution is 2.64. The highest BCUT2D eigenvalue weighted by molar-refractivity contribution is 7.99. The van der Waals surface area contributed by atoms with Crippen LogP contribution in [0, 0.1) is 5.41 Å². The third kappa shape index (κ3) is 6.19. The molecule has 2 aliphatic rings. The first-order valence-corrected chi connectivity index (χ1v) is 12.7. The van der Waals surface area contributed by atoms with Crippen LogP contribution in [0.2, 0.25) is 0 Å². The molecule has 3 aromatic rings. The quantitative estimate of drug-likeness (QED) is 0.238. The molecule has 1 aliphatic heterocycles. The summed E-state index contributed by atoms with van der Waals surface area (Å²) >= 11 is 1.69. The van der Waals surface area contributed by atoms with E-state index in [4.69, 9.17) is 4.74 Å². The molecule has 37 heavy (non-hydrogen) atoms. The summed E-state index contributed by atoms with van der Waals surface area (Å²) in [7, 11) is 3.54. The molecule has 2 aromatic heterocycles. The number of likely N-dealkylation sites (tertiary alicyclic amines) is 1. The highest BCUT2D eigenvalue weighted by Gasteiger charge is 2.57. The predicted octanol–water partition coefficient (Wildman–Crippen LogP) is 6.11. The monoisotopic (exact) mass is 575 g/mol. The molecule has 2 fully saturated rings. The van der Waals surface area contributed by atoms with Crippen LogP contribution in [0.5, 0.6) is 5.88 Å². The second-order valence-corrected chi connectivity index (χ2v) is 10.5. The van der Waals surface area contributed by atoms with Gasteiger partial charge < -0.3 is 14.2 Å². The zero-order valence-electron chi connectivity index (χ0n) is 20.6. The van der Waals surface area contributed by atoms with Crippen molar-refractivity contribution in [3.8, 4) is 17.3 Å². The fourth-order valence-corrected chi connectivity index (χ4v) is 6.03. The van der Waals surface area contributed by atoms with Crippen LogP contribution in [-0.4, -0.2) is 57.1 Å². The molecule has 6 nitrogen and oxygen atoms in total. The molecule has 0 amide bonds. The smallest absolute Gasteiger partial charge is 0.416 e. The standard InChI is InChI=1S/C25H28F3N5OS.2ClH/c1-32-21(19-5-3-11-29-22(19)34-2)30-31-23(32)35-14-4-12-33-13-10-24(16-33)15-20(24)17-6-8-18(9-7-17)25(26,27)28;;/h3,5-9,11,20H,4,10,12-16H2,1-2H3;2*1H/t20-,24+;;/m1../s1. The third-order valence-electron chi connectivity index (χ3n) is 7.18. The number of aromatic nitrogens is 4. The number of alkyl halides is 3. The second-order valence-electron chi connectivity index (χ2n) is 9.39. The van der Waals surface area contributed by atoms with Crippen LogP contribution in [0.25, 0.3) is 11.4 Å². The van der Waals surface area contributed by atoms with Gasteiger partial charge in [0.05, 0.1) is 18.2 Å². The summed E-state index contributed by atoms with van der Waals surface area (Å²) in [4.78, 5) is 6.73. The number of rotatable bonds is 8. The zero-order valence-corrected chi connectivity index (χ0v) is 23.0. The summed E-state index contributed by atoms with van der Waals surface area (Å²) in [6, 6.07) is 9.53. The van der Waals surface area contributed by atoms with Crippen LogP contribution in [0.4, 0.5) is 13.2 Å². The Morgan fingerprint density at radius 1 is 1.14 bits per heavy atom. The van der Waals surface area contributed by atoms with Crippen molar-refractivity contribution >= 4 is 36.6 Å². The molecule has 0 radical (unpaired) electrons. The van der Waals surface area contributed by atoms with Gasteiger partial charge in [0.15, 0.2) is 11.0 Å². The molecule has 12 heteroatoms. The number of hydrogen-bond acceptors (Lipinski definition) is 6. The fraction of sp³-hybridized carbons (Fsp3) is 0.480. The molecular weight excluding hydrogens is 546 g/mol. The van der Waals surface area contributed by atoms with E-state index >= 15 is 0 Å². The van der Waals surface area contributed by atoms with Gasteiger partial charge >= 0.3 is 6.18 Å². The molecule has 0 unspecified atom stereocenters. The Bertz CT molecular complexity index is 1190. The fourth-order valence-electron chi connectivity index (χ4n) is 5.20. The summed E-state index contributed by atoms with van der Waals surface area (Å²) in [6.07, 6.45) is 0.628. The summed E-state index contributed by atoms with van der Waals surface area (Å²) in [5.74, 6) is 2.56. The minimum absolute atomic E-state index is 0. The van der Waals surface area contributed by atoms with Crippen LogP contribution < -0.4 is 4.74 Å². The number of pyridine rings is 1. The van der Waals surface area contributed by atoms with Crippen molar-refractivity contribution in [1.82, 2.24) is 24.6 Å². The van der Waals surface area contributed by atoms with E-state index in [1.54, 1.807) is 37.2 Å². The van der Waals surface area contributed by atoms with Crippen molar-refractivity contribution in [1.29, 1.82) is 0 Å². The number of benzene rings is 1. The molecule has 3 heterocycles. The summed E-state index contributed by atoms with van der Waals surface area (Å²) in [5.41, 5.74) is 1.52. The van der Waals surface area contributed by atoms with E-state index in [-0.39, 0.29) is 30.2 Å². The number of ether oxygens (including phenoxy) is 1. The van der Waals surface area contributed by atoms with E-state index in [0.717, 1.165) is 66.8 Å². The minimum atomic E-state index is -4.28. The average molecular weight is 577 g/mol. The maximum absolute atomic E-state index is 12.8. The van der Waals surface area contributed by atoms with Gasteiger partial charge in [0.1, 0.15) is 0 Å². The minimum Gasteiger partial charge on any atom is -0.480 e. The van der Waals surface area contributed by atoms with Crippen LogP contribution >= 0.6 is 36.6 Å². The van der Waals surface area contributed by atoms with E-state index < -0.39 is 11.7 Å². The van der Waals surface area contributed by atoms with Gasteiger partial charge in [0.2, 0.25) is 5.88 Å². The molecular formula is C25H30Cl2F3N5OS. The first-order valence-electron chi connectivity index (χ1n) is 11.7. The topological polar surface area (TPSA) is 56.1 Å². The predicted molar refractivity (Wildman–Crippen MR) is 143 cm³/mol. The third-order valence-corrected chi connectivity index (χ3v) is 8.29. The van der Waals surface area contributed by atoms with E-state index in [9.17, 15) is 13.2 Å². The Hall–Kier alpha value is -2.01. The van der Waals surface area contributed by atoms with Crippen molar-refractivity contribution in [3.63, 3.8) is 0 Å². The maximum atomic E-state index is 12.8. The summed E-state index contributed by atoms with van der Waals surface area (Å²) in [6.45, 7) is 3.09. The molecule has 202 valence electrons. The normalized spacial score (nSPS) is 20.9. The molecule has 0 N–H and O–H groups in total. The van der Waals surface area contributed by atoms with Gasteiger partial charge in [-0.3, -0.25) is 0 Å². The van der Waals surface area contributed by atoms with Gasteiger partial charge in [0.25, 0.3) is 0 Å². The molecule has 1 spiro atoms. The number of nitrogens with zero attached hydrogens (tertiary/aromatic N) is 5. The summed E-state index contributed by atoms with van der Waals surface area (Å²) in [5, 5.41) is 9.53.